The summed E-state index contributed by atoms with van der Waals surface area (Å²) >= 11 is 0. The van der Waals surface area contributed by atoms with Crippen molar-refractivity contribution in [2.24, 2.45) is 11.8 Å². The van der Waals surface area contributed by atoms with E-state index in [-0.39, 0.29) is 29.7 Å². The van der Waals surface area contributed by atoms with Crippen LogP contribution in [0.3, 0.4) is 0 Å². The maximum Gasteiger partial charge on any atom is 0.225 e. The number of carbonyl (C=O) groups is 2. The summed E-state index contributed by atoms with van der Waals surface area (Å²) in [5.74, 6) is 0.0133. The van der Waals surface area contributed by atoms with Crippen LogP contribution in [0, 0.1) is 11.8 Å². The molecule has 0 aromatic heterocycles. The van der Waals surface area contributed by atoms with E-state index in [0.717, 1.165) is 38.2 Å². The Kier molecular flexibility index (Phi) is 9.82. The van der Waals surface area contributed by atoms with Crippen LogP contribution in [0.2, 0.25) is 0 Å². The molecule has 3 aromatic carbocycles. The third-order valence-corrected chi connectivity index (χ3v) is 7.91. The van der Waals surface area contributed by atoms with Crippen LogP contribution in [0.5, 0.6) is 5.75 Å². The molecule has 3 aromatic rings. The predicted octanol–water partition coefficient (Wildman–Crippen LogP) is 3.36. The molecule has 7 nitrogen and oxygen atoms in total. The van der Waals surface area contributed by atoms with E-state index < -0.39 is 0 Å². The summed E-state index contributed by atoms with van der Waals surface area (Å²) in [6.07, 6.45) is 1.69. The lowest BCUT2D eigenvalue weighted by Crippen LogP contribution is -2.45. The van der Waals surface area contributed by atoms with Gasteiger partial charge in [0.2, 0.25) is 11.8 Å². The lowest BCUT2D eigenvalue weighted by molar-refractivity contribution is -0.133. The Bertz CT molecular complexity index is 1210. The third-order valence-electron chi connectivity index (χ3n) is 7.91. The number of ether oxygens (including phenoxy) is 1. The highest BCUT2D eigenvalue weighted by atomic mass is 16.5. The Morgan fingerprint density at radius 3 is 2.08 bits per heavy atom. The highest BCUT2D eigenvalue weighted by molar-refractivity contribution is 5.88. The fraction of sp³-hybridized carbons (Fsp3) is 0.394. The SMILES string of the molecule is O=C(NCCc1ccccc1)[C@H]1CN(CCOc2ccccc2)C[C@H]1C(=O)NC1CCN(Cc2ccccc2)C1. The maximum absolute atomic E-state index is 13.5. The average Bonchev–Trinajstić information content (AvgIpc) is 3.62. The molecule has 2 saturated heterocycles. The second-order valence-electron chi connectivity index (χ2n) is 10.9. The van der Waals surface area contributed by atoms with Crippen LogP contribution in [0.15, 0.2) is 91.0 Å². The summed E-state index contributed by atoms with van der Waals surface area (Å²) in [6.45, 7) is 5.52. The number of amides is 2. The van der Waals surface area contributed by atoms with Gasteiger partial charge >= 0.3 is 0 Å². The molecule has 40 heavy (non-hydrogen) atoms. The van der Waals surface area contributed by atoms with Gasteiger partial charge in [-0.25, -0.2) is 0 Å². The number of hydrogen-bond acceptors (Lipinski definition) is 5. The minimum atomic E-state index is -0.380. The fourth-order valence-corrected chi connectivity index (χ4v) is 5.76. The Balaban J connectivity index is 1.15. The van der Waals surface area contributed by atoms with Crippen molar-refractivity contribution in [3.05, 3.63) is 102 Å². The summed E-state index contributed by atoms with van der Waals surface area (Å²) in [5.41, 5.74) is 2.47. The third kappa shape index (κ3) is 7.93. The lowest BCUT2D eigenvalue weighted by Gasteiger charge is -2.21. The van der Waals surface area contributed by atoms with E-state index >= 15 is 0 Å². The molecule has 2 fully saturated rings. The summed E-state index contributed by atoms with van der Waals surface area (Å²) in [4.78, 5) is 31.4. The van der Waals surface area contributed by atoms with Crippen LogP contribution < -0.4 is 15.4 Å². The zero-order valence-electron chi connectivity index (χ0n) is 23.1. The Morgan fingerprint density at radius 2 is 1.38 bits per heavy atom. The Labute approximate surface area is 237 Å². The molecule has 2 N–H and O–H groups in total. The van der Waals surface area contributed by atoms with E-state index in [1.807, 2.05) is 54.6 Å². The van der Waals surface area contributed by atoms with Gasteiger partial charge in [0.15, 0.2) is 0 Å². The maximum atomic E-state index is 13.5. The largest absolute Gasteiger partial charge is 0.492 e. The fourth-order valence-electron chi connectivity index (χ4n) is 5.76. The molecule has 2 aliphatic heterocycles. The normalized spacial score (nSPS) is 21.2. The van der Waals surface area contributed by atoms with Gasteiger partial charge in [-0.2, -0.15) is 0 Å². The number of likely N-dealkylation sites (tertiary alicyclic amines) is 2. The average molecular weight is 541 g/mol. The first-order valence-electron chi connectivity index (χ1n) is 14.4. The van der Waals surface area contributed by atoms with E-state index in [0.29, 0.717) is 32.8 Å². The second kappa shape index (κ2) is 14.1. The van der Waals surface area contributed by atoms with Crippen LogP contribution in [0.1, 0.15) is 17.5 Å². The van der Waals surface area contributed by atoms with Crippen molar-refractivity contribution in [1.82, 2.24) is 20.4 Å². The van der Waals surface area contributed by atoms with E-state index in [1.165, 1.54) is 11.1 Å². The van der Waals surface area contributed by atoms with Gasteiger partial charge in [0.05, 0.1) is 11.8 Å². The molecule has 210 valence electrons. The number of rotatable bonds is 12. The highest BCUT2D eigenvalue weighted by Crippen LogP contribution is 2.25. The molecule has 5 rings (SSSR count). The smallest absolute Gasteiger partial charge is 0.225 e. The summed E-state index contributed by atoms with van der Waals surface area (Å²) in [6, 6.07) is 30.4. The van der Waals surface area contributed by atoms with Crippen LogP contribution in [-0.2, 0) is 22.6 Å². The molecule has 0 aliphatic carbocycles. The van der Waals surface area contributed by atoms with E-state index in [9.17, 15) is 9.59 Å². The molecule has 2 amide bonds. The van der Waals surface area contributed by atoms with Gasteiger partial charge in [0.25, 0.3) is 0 Å². The zero-order valence-corrected chi connectivity index (χ0v) is 23.1. The molecule has 2 aliphatic rings. The van der Waals surface area contributed by atoms with Gasteiger partial charge in [-0.1, -0.05) is 78.9 Å². The van der Waals surface area contributed by atoms with Crippen molar-refractivity contribution in [3.63, 3.8) is 0 Å². The van der Waals surface area contributed by atoms with Crippen molar-refractivity contribution in [2.45, 2.75) is 25.4 Å². The number of nitrogens with zero attached hydrogens (tertiary/aromatic N) is 2. The molecule has 1 unspecified atom stereocenters. The summed E-state index contributed by atoms with van der Waals surface area (Å²) < 4.78 is 5.89. The van der Waals surface area contributed by atoms with Crippen molar-refractivity contribution in [1.29, 1.82) is 0 Å². The number of benzene rings is 3. The molecule has 7 heteroatoms. The Morgan fingerprint density at radius 1 is 0.750 bits per heavy atom. The number of para-hydroxylation sites is 1. The van der Waals surface area contributed by atoms with Crippen LogP contribution in [0.4, 0.5) is 0 Å². The zero-order chi connectivity index (χ0) is 27.6. The number of nitrogens with one attached hydrogen (secondary N) is 2. The standard InChI is InChI=1S/C33H40N4O3/c38-32(34-18-16-26-10-4-1-5-11-26)30-24-37(20-21-40-29-14-8-3-9-15-29)25-31(30)33(39)35-28-17-19-36(23-28)22-27-12-6-2-7-13-27/h1-15,28,30-31H,16-25H2,(H,34,38)(H,35,39)/t28?,30-,31+/m0/s1. The topological polar surface area (TPSA) is 73.9 Å². The Hall–Kier alpha value is -3.68. The van der Waals surface area contributed by atoms with Gasteiger partial charge in [-0.15, -0.1) is 0 Å². The first-order valence-corrected chi connectivity index (χ1v) is 14.4. The minimum absolute atomic E-state index is 0.0127. The molecular formula is C33H40N4O3. The molecular weight excluding hydrogens is 500 g/mol. The quantitative estimate of drug-likeness (QED) is 0.369. The monoisotopic (exact) mass is 540 g/mol. The van der Waals surface area contributed by atoms with Gasteiger partial charge in [0, 0.05) is 51.9 Å². The first kappa shape index (κ1) is 27.9. The molecule has 0 spiro atoms. The second-order valence-corrected chi connectivity index (χ2v) is 10.9. The predicted molar refractivity (Wildman–Crippen MR) is 157 cm³/mol. The van der Waals surface area contributed by atoms with Gasteiger partial charge in [0.1, 0.15) is 12.4 Å². The number of carbonyl (C=O) groups excluding carboxylic acids is 2. The van der Waals surface area contributed by atoms with Crippen molar-refractivity contribution >= 4 is 11.8 Å². The van der Waals surface area contributed by atoms with Crippen LogP contribution in [-0.4, -0.2) is 73.5 Å². The first-order chi connectivity index (χ1) is 19.6. The molecule has 2 heterocycles. The molecule has 0 radical (unpaired) electrons. The number of hydrogen-bond donors (Lipinski definition) is 2. The molecule has 3 atom stereocenters. The molecule has 0 saturated carbocycles. The van der Waals surface area contributed by atoms with Gasteiger partial charge in [-0.3, -0.25) is 19.4 Å². The lowest BCUT2D eigenvalue weighted by atomic mass is 9.93. The van der Waals surface area contributed by atoms with E-state index in [4.69, 9.17) is 4.74 Å². The molecule has 0 bridgehead atoms. The van der Waals surface area contributed by atoms with E-state index in [2.05, 4.69) is 56.8 Å². The van der Waals surface area contributed by atoms with Gasteiger partial charge in [-0.05, 0) is 36.1 Å². The minimum Gasteiger partial charge on any atom is -0.492 e. The van der Waals surface area contributed by atoms with Crippen molar-refractivity contribution < 1.29 is 14.3 Å². The van der Waals surface area contributed by atoms with Crippen molar-refractivity contribution in [3.8, 4) is 5.75 Å². The van der Waals surface area contributed by atoms with Crippen LogP contribution in [0.25, 0.3) is 0 Å². The van der Waals surface area contributed by atoms with Crippen LogP contribution >= 0.6 is 0 Å². The highest BCUT2D eigenvalue weighted by Gasteiger charge is 2.42. The summed E-state index contributed by atoms with van der Waals surface area (Å²) in [5, 5.41) is 6.39. The van der Waals surface area contributed by atoms with Crippen molar-refractivity contribution in [2.75, 3.05) is 45.9 Å². The summed E-state index contributed by atoms with van der Waals surface area (Å²) in [7, 11) is 0. The van der Waals surface area contributed by atoms with Gasteiger partial charge < -0.3 is 15.4 Å². The van der Waals surface area contributed by atoms with E-state index in [1.54, 1.807) is 0 Å².